The number of carbonyl (C=O) groups is 1. The van der Waals surface area contributed by atoms with Crippen LogP contribution in [0, 0.1) is 0 Å². The van der Waals surface area contributed by atoms with Crippen molar-refractivity contribution in [1.82, 2.24) is 5.32 Å². The normalized spacial score (nSPS) is 12.6. The molecular weight excluding hydrogens is 248 g/mol. The molecule has 0 aliphatic carbocycles. The smallest absolute Gasteiger partial charge is 0.323 e. The minimum absolute atomic E-state index is 0.281. The monoisotopic (exact) mass is 272 g/mol. The maximum Gasteiger partial charge on any atom is 0.323 e. The van der Waals surface area contributed by atoms with Crippen molar-refractivity contribution in [3.05, 3.63) is 10.4 Å². The van der Waals surface area contributed by atoms with Crippen LogP contribution < -0.4 is 5.32 Å². The molecule has 0 rings (SSSR count). The van der Waals surface area contributed by atoms with Crippen LogP contribution in [0.15, 0.2) is 5.11 Å². The van der Waals surface area contributed by atoms with Crippen LogP contribution in [0.2, 0.25) is 0 Å². The largest absolute Gasteiger partial charge is 0.465 e. The minimum Gasteiger partial charge on any atom is -0.465 e. The second-order valence-electron chi connectivity index (χ2n) is 4.73. The quantitative estimate of drug-likeness (QED) is 0.216. The molecule has 0 aromatic carbocycles. The SMILES string of the molecule is CCOC(=O)C(CC(C)(C)OC)NCCCN=[N+]=[N-]. The number of hydrogen-bond acceptors (Lipinski definition) is 5. The molecule has 7 nitrogen and oxygen atoms in total. The second kappa shape index (κ2) is 9.61. The van der Waals surface area contributed by atoms with Gasteiger partial charge in [-0.25, -0.2) is 0 Å². The Balaban J connectivity index is 4.33. The van der Waals surface area contributed by atoms with Crippen LogP contribution in [0.25, 0.3) is 10.4 Å². The minimum atomic E-state index is -0.416. The Morgan fingerprint density at radius 1 is 1.53 bits per heavy atom. The molecule has 0 radical (unpaired) electrons. The summed E-state index contributed by atoms with van der Waals surface area (Å²) in [6.07, 6.45) is 1.19. The predicted molar refractivity (Wildman–Crippen MR) is 72.8 cm³/mol. The van der Waals surface area contributed by atoms with E-state index in [9.17, 15) is 4.79 Å². The Hall–Kier alpha value is -1.30. The van der Waals surface area contributed by atoms with Gasteiger partial charge in [-0.2, -0.15) is 0 Å². The number of carbonyl (C=O) groups excluding carboxylic acids is 1. The van der Waals surface area contributed by atoms with E-state index in [0.29, 0.717) is 32.5 Å². The molecule has 0 aromatic rings. The number of methoxy groups -OCH3 is 1. The van der Waals surface area contributed by atoms with Crippen molar-refractivity contribution >= 4 is 5.97 Å². The van der Waals surface area contributed by atoms with Crippen LogP contribution in [0.5, 0.6) is 0 Å². The summed E-state index contributed by atoms with van der Waals surface area (Å²) in [5.74, 6) is -0.281. The van der Waals surface area contributed by atoms with E-state index in [1.54, 1.807) is 14.0 Å². The van der Waals surface area contributed by atoms with Crippen LogP contribution in [0.1, 0.15) is 33.6 Å². The highest BCUT2D eigenvalue weighted by Crippen LogP contribution is 2.16. The van der Waals surface area contributed by atoms with Crippen molar-refractivity contribution in [3.8, 4) is 0 Å². The Labute approximate surface area is 114 Å². The lowest BCUT2D eigenvalue weighted by Crippen LogP contribution is -2.44. The molecule has 0 fully saturated rings. The zero-order chi connectivity index (χ0) is 14.7. The predicted octanol–water partition coefficient (Wildman–Crippen LogP) is 2.02. The number of nitrogens with one attached hydrogen (secondary N) is 1. The van der Waals surface area contributed by atoms with Crippen LogP contribution in [-0.4, -0.2) is 44.4 Å². The number of hydrogen-bond donors (Lipinski definition) is 1. The zero-order valence-electron chi connectivity index (χ0n) is 12.2. The number of esters is 1. The first kappa shape index (κ1) is 17.7. The number of nitrogens with zero attached hydrogens (tertiary/aromatic N) is 3. The Morgan fingerprint density at radius 3 is 2.74 bits per heavy atom. The molecule has 0 saturated carbocycles. The van der Waals surface area contributed by atoms with Gasteiger partial charge in [0.15, 0.2) is 0 Å². The molecule has 0 amide bonds. The molecule has 1 atom stereocenters. The van der Waals surface area contributed by atoms with Gasteiger partial charge in [0.25, 0.3) is 0 Å². The van der Waals surface area contributed by atoms with Crippen molar-refractivity contribution in [2.75, 3.05) is 26.8 Å². The molecule has 0 bridgehead atoms. The van der Waals surface area contributed by atoms with Gasteiger partial charge in [-0.1, -0.05) is 5.11 Å². The Bertz CT molecular complexity index is 314. The van der Waals surface area contributed by atoms with E-state index in [4.69, 9.17) is 15.0 Å². The molecule has 1 unspecified atom stereocenters. The third kappa shape index (κ3) is 8.42. The zero-order valence-corrected chi connectivity index (χ0v) is 12.2. The molecule has 0 aliphatic heterocycles. The second-order valence-corrected chi connectivity index (χ2v) is 4.73. The summed E-state index contributed by atoms with van der Waals surface area (Å²) in [6.45, 7) is 6.96. The summed E-state index contributed by atoms with van der Waals surface area (Å²) in [5.41, 5.74) is 7.76. The molecule has 0 aromatic heterocycles. The van der Waals surface area contributed by atoms with Crippen molar-refractivity contribution < 1.29 is 14.3 Å². The van der Waals surface area contributed by atoms with Crippen LogP contribution in [-0.2, 0) is 14.3 Å². The van der Waals surface area contributed by atoms with Gasteiger partial charge in [0.2, 0.25) is 0 Å². The van der Waals surface area contributed by atoms with Crippen molar-refractivity contribution in [1.29, 1.82) is 0 Å². The maximum absolute atomic E-state index is 11.8. The van der Waals surface area contributed by atoms with Crippen LogP contribution in [0.3, 0.4) is 0 Å². The standard InChI is InChI=1S/C12H24N4O3/c1-5-19-11(17)10(9-12(2,3)18-4)14-7-6-8-15-16-13/h10,14H,5-9H2,1-4H3. The Kier molecular flexibility index (Phi) is 8.95. The summed E-state index contributed by atoms with van der Waals surface area (Å²) >= 11 is 0. The van der Waals surface area contributed by atoms with E-state index in [1.807, 2.05) is 13.8 Å². The van der Waals surface area contributed by atoms with Crippen molar-refractivity contribution in [3.63, 3.8) is 0 Å². The molecular formula is C12H24N4O3. The van der Waals surface area contributed by atoms with Gasteiger partial charge < -0.3 is 14.8 Å². The fraction of sp³-hybridized carbons (Fsp3) is 0.917. The van der Waals surface area contributed by atoms with E-state index < -0.39 is 11.6 Å². The summed E-state index contributed by atoms with van der Waals surface area (Å²) < 4.78 is 10.4. The fourth-order valence-corrected chi connectivity index (χ4v) is 1.53. The van der Waals surface area contributed by atoms with Crippen molar-refractivity contribution in [2.24, 2.45) is 5.11 Å². The molecule has 1 N–H and O–H groups in total. The van der Waals surface area contributed by atoms with Crippen LogP contribution in [0.4, 0.5) is 0 Å². The molecule has 19 heavy (non-hydrogen) atoms. The van der Waals surface area contributed by atoms with Gasteiger partial charge >= 0.3 is 5.97 Å². The van der Waals surface area contributed by atoms with Gasteiger partial charge in [-0.05, 0) is 39.3 Å². The van der Waals surface area contributed by atoms with E-state index in [2.05, 4.69) is 15.3 Å². The van der Waals surface area contributed by atoms with Gasteiger partial charge in [0.05, 0.1) is 12.2 Å². The van der Waals surface area contributed by atoms with Gasteiger partial charge in [0, 0.05) is 25.0 Å². The molecule has 110 valence electrons. The van der Waals surface area contributed by atoms with Crippen LogP contribution >= 0.6 is 0 Å². The lowest BCUT2D eigenvalue weighted by atomic mass is 9.98. The van der Waals surface area contributed by atoms with Crippen molar-refractivity contribution in [2.45, 2.75) is 45.3 Å². The first-order valence-electron chi connectivity index (χ1n) is 6.43. The molecule has 0 spiro atoms. The number of rotatable bonds is 10. The molecule has 0 heterocycles. The van der Waals surface area contributed by atoms with E-state index in [1.165, 1.54) is 0 Å². The summed E-state index contributed by atoms with van der Waals surface area (Å²) in [4.78, 5) is 14.5. The highest BCUT2D eigenvalue weighted by Gasteiger charge is 2.28. The Morgan fingerprint density at radius 2 is 2.21 bits per heavy atom. The highest BCUT2D eigenvalue weighted by molar-refractivity contribution is 5.75. The first-order valence-corrected chi connectivity index (χ1v) is 6.43. The molecule has 7 heteroatoms. The highest BCUT2D eigenvalue weighted by atomic mass is 16.5. The fourth-order valence-electron chi connectivity index (χ4n) is 1.53. The van der Waals surface area contributed by atoms with Gasteiger partial charge in [0.1, 0.15) is 6.04 Å². The first-order chi connectivity index (χ1) is 8.96. The molecule has 0 aliphatic rings. The lowest BCUT2D eigenvalue weighted by molar-refractivity contribution is -0.147. The van der Waals surface area contributed by atoms with E-state index in [0.717, 1.165) is 0 Å². The average Bonchev–Trinajstić information content (AvgIpc) is 2.37. The summed E-state index contributed by atoms with van der Waals surface area (Å²) in [5, 5.41) is 6.56. The third-order valence-corrected chi connectivity index (χ3v) is 2.71. The average molecular weight is 272 g/mol. The van der Waals surface area contributed by atoms with E-state index in [-0.39, 0.29) is 5.97 Å². The summed E-state index contributed by atoms with van der Waals surface area (Å²) in [6, 6.07) is -0.416. The lowest BCUT2D eigenvalue weighted by Gasteiger charge is -2.28. The van der Waals surface area contributed by atoms with Gasteiger partial charge in [-0.3, -0.25) is 4.79 Å². The topological polar surface area (TPSA) is 96.3 Å². The summed E-state index contributed by atoms with van der Waals surface area (Å²) in [7, 11) is 1.61. The maximum atomic E-state index is 11.8. The van der Waals surface area contributed by atoms with E-state index >= 15 is 0 Å². The van der Waals surface area contributed by atoms with Gasteiger partial charge in [-0.15, -0.1) is 0 Å². The molecule has 0 saturated heterocycles. The third-order valence-electron chi connectivity index (χ3n) is 2.71. The number of azide groups is 1. The number of ether oxygens (including phenoxy) is 2.